The van der Waals surface area contributed by atoms with Crippen molar-refractivity contribution < 1.29 is 0 Å². The van der Waals surface area contributed by atoms with Crippen molar-refractivity contribution in [3.8, 4) is 0 Å². The highest BCUT2D eigenvalue weighted by Crippen LogP contribution is 2.47. The van der Waals surface area contributed by atoms with Gasteiger partial charge in [0.2, 0.25) is 0 Å². The van der Waals surface area contributed by atoms with Crippen LogP contribution < -0.4 is 10.6 Å². The zero-order valence-electron chi connectivity index (χ0n) is 13.5. The lowest BCUT2D eigenvalue weighted by atomic mass is 9.69. The lowest BCUT2D eigenvalue weighted by molar-refractivity contribution is 0.190. The van der Waals surface area contributed by atoms with Gasteiger partial charge in [0.05, 0.1) is 0 Å². The molecule has 4 rings (SSSR count). The van der Waals surface area contributed by atoms with Crippen molar-refractivity contribution in [2.75, 3.05) is 13.1 Å². The minimum Gasteiger partial charge on any atom is -0.388 e. The van der Waals surface area contributed by atoms with Gasteiger partial charge in [0.1, 0.15) is 0 Å². The minimum absolute atomic E-state index is 0.388. The van der Waals surface area contributed by atoms with Crippen LogP contribution in [0.15, 0.2) is 23.4 Å². The van der Waals surface area contributed by atoms with Gasteiger partial charge >= 0.3 is 0 Å². The fourth-order valence-electron chi connectivity index (χ4n) is 5.41. The van der Waals surface area contributed by atoms with E-state index < -0.39 is 0 Å². The van der Waals surface area contributed by atoms with E-state index in [1.165, 1.54) is 58.0 Å². The highest BCUT2D eigenvalue weighted by Gasteiger charge is 2.41. The lowest BCUT2D eigenvalue weighted by Gasteiger charge is -2.42. The number of piperidine rings is 1. The Kier molecular flexibility index (Phi) is 4.50. The molecule has 0 radical (unpaired) electrons. The van der Waals surface area contributed by atoms with Crippen molar-refractivity contribution in [3.05, 3.63) is 23.4 Å². The van der Waals surface area contributed by atoms with E-state index in [1.807, 2.05) is 5.57 Å². The SMILES string of the molecule is ClC1CCC2=C(CCC3CC=CNC3C2C2CCNCC2)C1. The third-order valence-electron chi connectivity index (χ3n) is 6.50. The number of allylic oxidation sites excluding steroid dienone is 2. The molecule has 3 heteroatoms. The molecule has 2 aliphatic heterocycles. The van der Waals surface area contributed by atoms with Crippen LogP contribution in [-0.2, 0) is 0 Å². The molecule has 0 saturated carbocycles. The molecule has 1 saturated heterocycles. The molecular weight excluding hydrogens is 292 g/mol. The zero-order chi connectivity index (χ0) is 14.9. The fourth-order valence-corrected chi connectivity index (χ4v) is 5.71. The summed E-state index contributed by atoms with van der Waals surface area (Å²) < 4.78 is 0. The maximum Gasteiger partial charge on any atom is 0.0376 e. The van der Waals surface area contributed by atoms with Crippen LogP contribution in [0.3, 0.4) is 0 Å². The zero-order valence-corrected chi connectivity index (χ0v) is 14.2. The molecule has 122 valence electrons. The second-order valence-corrected chi connectivity index (χ2v) is 8.33. The van der Waals surface area contributed by atoms with Gasteiger partial charge in [-0.1, -0.05) is 17.2 Å². The molecule has 0 aromatic heterocycles. The van der Waals surface area contributed by atoms with Crippen LogP contribution in [0.2, 0.25) is 0 Å². The number of fused-ring (bicyclic) bond motifs is 1. The van der Waals surface area contributed by atoms with Gasteiger partial charge in [-0.25, -0.2) is 0 Å². The topological polar surface area (TPSA) is 24.1 Å². The van der Waals surface area contributed by atoms with E-state index in [2.05, 4.69) is 22.9 Å². The standard InChI is InChI=1S/C19H29ClN2/c20-16-5-6-17-15(12-16)4-3-14-2-1-9-22-19(14)18(17)13-7-10-21-11-8-13/h1,9,13-14,16,18-19,21-22H,2-8,10-12H2. The Balaban J connectivity index is 1.68. The monoisotopic (exact) mass is 320 g/mol. The minimum atomic E-state index is 0.388. The van der Waals surface area contributed by atoms with Crippen LogP contribution in [-0.4, -0.2) is 24.5 Å². The first-order valence-electron chi connectivity index (χ1n) is 9.29. The fraction of sp³-hybridized carbons (Fsp3) is 0.789. The second-order valence-electron chi connectivity index (χ2n) is 7.71. The smallest absolute Gasteiger partial charge is 0.0376 e. The number of alkyl halides is 1. The molecule has 2 heterocycles. The third kappa shape index (κ3) is 2.85. The lowest BCUT2D eigenvalue weighted by Crippen LogP contribution is -2.47. The van der Waals surface area contributed by atoms with Gasteiger partial charge in [-0.05, 0) is 82.5 Å². The van der Waals surface area contributed by atoms with Gasteiger partial charge in [0.25, 0.3) is 0 Å². The van der Waals surface area contributed by atoms with E-state index >= 15 is 0 Å². The Bertz CT molecular complexity index is 464. The molecule has 4 atom stereocenters. The first kappa shape index (κ1) is 15.1. The Morgan fingerprint density at radius 2 is 1.86 bits per heavy atom. The average Bonchev–Trinajstić information content (AvgIpc) is 2.72. The molecule has 22 heavy (non-hydrogen) atoms. The van der Waals surface area contributed by atoms with Crippen molar-refractivity contribution in [1.82, 2.24) is 10.6 Å². The largest absolute Gasteiger partial charge is 0.388 e. The van der Waals surface area contributed by atoms with E-state index in [1.54, 1.807) is 5.57 Å². The Morgan fingerprint density at radius 1 is 1.00 bits per heavy atom. The van der Waals surface area contributed by atoms with Crippen LogP contribution in [0, 0.1) is 17.8 Å². The Labute approximate surface area is 139 Å². The van der Waals surface area contributed by atoms with Gasteiger partial charge in [0, 0.05) is 17.3 Å². The van der Waals surface area contributed by atoms with Gasteiger partial charge in [0.15, 0.2) is 0 Å². The van der Waals surface area contributed by atoms with Crippen LogP contribution >= 0.6 is 11.6 Å². The molecule has 0 bridgehead atoms. The van der Waals surface area contributed by atoms with Crippen molar-refractivity contribution in [2.45, 2.75) is 62.8 Å². The molecule has 0 spiro atoms. The predicted molar refractivity (Wildman–Crippen MR) is 93.0 cm³/mol. The van der Waals surface area contributed by atoms with E-state index in [0.29, 0.717) is 11.4 Å². The summed E-state index contributed by atoms with van der Waals surface area (Å²) >= 11 is 6.50. The summed E-state index contributed by atoms with van der Waals surface area (Å²) in [5.41, 5.74) is 3.56. The van der Waals surface area contributed by atoms with E-state index in [-0.39, 0.29) is 0 Å². The molecular formula is C19H29ClN2. The van der Waals surface area contributed by atoms with Crippen LogP contribution in [0.1, 0.15) is 51.4 Å². The average molecular weight is 321 g/mol. The molecule has 2 N–H and O–H groups in total. The molecule has 2 aliphatic carbocycles. The molecule has 0 aromatic rings. The quantitative estimate of drug-likeness (QED) is 0.564. The highest BCUT2D eigenvalue weighted by molar-refractivity contribution is 6.20. The van der Waals surface area contributed by atoms with E-state index in [4.69, 9.17) is 11.6 Å². The summed E-state index contributed by atoms with van der Waals surface area (Å²) in [7, 11) is 0. The van der Waals surface area contributed by atoms with Crippen LogP contribution in [0.5, 0.6) is 0 Å². The second kappa shape index (κ2) is 6.57. The van der Waals surface area contributed by atoms with Crippen molar-refractivity contribution in [1.29, 1.82) is 0 Å². The van der Waals surface area contributed by atoms with Crippen LogP contribution in [0.25, 0.3) is 0 Å². The van der Waals surface area contributed by atoms with E-state index in [0.717, 1.165) is 24.2 Å². The number of hydrogen-bond acceptors (Lipinski definition) is 2. The molecule has 0 amide bonds. The van der Waals surface area contributed by atoms with Crippen molar-refractivity contribution in [2.24, 2.45) is 17.8 Å². The van der Waals surface area contributed by atoms with Crippen molar-refractivity contribution >= 4 is 11.6 Å². The third-order valence-corrected chi connectivity index (χ3v) is 6.87. The first-order valence-corrected chi connectivity index (χ1v) is 9.73. The summed E-state index contributed by atoms with van der Waals surface area (Å²) in [6, 6.07) is 0.674. The summed E-state index contributed by atoms with van der Waals surface area (Å²) in [6.07, 6.45) is 14.8. The van der Waals surface area contributed by atoms with Gasteiger partial charge < -0.3 is 10.6 Å². The highest BCUT2D eigenvalue weighted by atomic mass is 35.5. The Morgan fingerprint density at radius 3 is 2.73 bits per heavy atom. The number of hydrogen-bond donors (Lipinski definition) is 2. The molecule has 4 unspecified atom stereocenters. The molecule has 4 aliphatic rings. The molecule has 0 aromatic carbocycles. The van der Waals surface area contributed by atoms with Crippen molar-refractivity contribution in [3.63, 3.8) is 0 Å². The van der Waals surface area contributed by atoms with Gasteiger partial charge in [-0.3, -0.25) is 0 Å². The van der Waals surface area contributed by atoms with E-state index in [9.17, 15) is 0 Å². The number of nitrogens with one attached hydrogen (secondary N) is 2. The summed E-state index contributed by atoms with van der Waals surface area (Å²) in [6.45, 7) is 2.41. The summed E-state index contributed by atoms with van der Waals surface area (Å²) in [5.74, 6) is 2.45. The molecule has 2 nitrogen and oxygen atoms in total. The maximum atomic E-state index is 6.50. The summed E-state index contributed by atoms with van der Waals surface area (Å²) in [4.78, 5) is 0. The normalized spacial score (nSPS) is 39.7. The number of halogens is 1. The predicted octanol–water partition coefficient (Wildman–Crippen LogP) is 3.98. The maximum absolute atomic E-state index is 6.50. The Hall–Kier alpha value is -0.470. The summed E-state index contributed by atoms with van der Waals surface area (Å²) in [5, 5.41) is 7.72. The van der Waals surface area contributed by atoms with Gasteiger partial charge in [-0.15, -0.1) is 11.6 Å². The molecule has 1 fully saturated rings. The van der Waals surface area contributed by atoms with Gasteiger partial charge in [-0.2, -0.15) is 0 Å². The number of rotatable bonds is 1. The van der Waals surface area contributed by atoms with Crippen LogP contribution in [0.4, 0.5) is 0 Å². The first-order chi connectivity index (χ1) is 10.8.